The molecule has 1 atom stereocenters. The largest absolute Gasteiger partial charge is 0.454 e. The molecule has 0 saturated heterocycles. The van der Waals surface area contributed by atoms with Crippen LogP contribution in [0.5, 0.6) is 11.5 Å². The van der Waals surface area contributed by atoms with Crippen molar-refractivity contribution in [2.24, 2.45) is 0 Å². The van der Waals surface area contributed by atoms with E-state index in [1.165, 1.54) is 0 Å². The Morgan fingerprint density at radius 2 is 1.86 bits per heavy atom. The number of rotatable bonds is 5. The minimum Gasteiger partial charge on any atom is -0.454 e. The van der Waals surface area contributed by atoms with E-state index in [2.05, 4.69) is 20.8 Å². The average Bonchev–Trinajstić information content (AvgIpc) is 3.37. The number of anilines is 1. The fourth-order valence-electron chi connectivity index (χ4n) is 2.68. The number of carbonyl (C=O) groups is 1. The molecular weight excluding hydrogens is 360 g/mol. The van der Waals surface area contributed by atoms with Gasteiger partial charge in [-0.3, -0.25) is 0 Å². The fourth-order valence-corrected chi connectivity index (χ4v) is 2.68. The van der Waals surface area contributed by atoms with Gasteiger partial charge in [0.1, 0.15) is 0 Å². The first-order valence-corrected chi connectivity index (χ1v) is 9.04. The van der Waals surface area contributed by atoms with Gasteiger partial charge in [-0.1, -0.05) is 12.1 Å². The number of nitrogens with zero attached hydrogens (tertiary/aromatic N) is 2. The Balaban J connectivity index is 1.46. The summed E-state index contributed by atoms with van der Waals surface area (Å²) in [5, 5.41) is 9.69. The third kappa shape index (κ3) is 3.75. The molecule has 2 heterocycles. The first kappa shape index (κ1) is 17.8. The Kier molecular flexibility index (Phi) is 4.84. The van der Waals surface area contributed by atoms with Crippen molar-refractivity contribution < 1.29 is 18.8 Å². The average molecular weight is 380 g/mol. The summed E-state index contributed by atoms with van der Waals surface area (Å²) in [7, 11) is 0. The van der Waals surface area contributed by atoms with Gasteiger partial charge in [-0.25, -0.2) is 4.79 Å². The van der Waals surface area contributed by atoms with Crippen LogP contribution in [0.2, 0.25) is 0 Å². The molecule has 1 aromatic heterocycles. The zero-order valence-corrected chi connectivity index (χ0v) is 15.6. The summed E-state index contributed by atoms with van der Waals surface area (Å²) in [4.78, 5) is 16.3. The number of urea groups is 1. The van der Waals surface area contributed by atoms with E-state index in [1.54, 1.807) is 12.1 Å². The quantitative estimate of drug-likeness (QED) is 0.693. The summed E-state index contributed by atoms with van der Waals surface area (Å²) in [5.74, 6) is 2.21. The monoisotopic (exact) mass is 380 g/mol. The predicted octanol–water partition coefficient (Wildman–Crippen LogP) is 4.05. The highest BCUT2D eigenvalue weighted by Gasteiger charge is 2.17. The molecule has 28 heavy (non-hydrogen) atoms. The number of hydrogen-bond acceptors (Lipinski definition) is 6. The molecule has 2 N–H and O–H groups in total. The molecule has 1 aliphatic rings. The highest BCUT2D eigenvalue weighted by Crippen LogP contribution is 2.35. The Hall–Kier alpha value is -3.55. The molecule has 2 aromatic carbocycles. The van der Waals surface area contributed by atoms with E-state index >= 15 is 0 Å². The lowest BCUT2D eigenvalue weighted by Gasteiger charge is -2.12. The molecule has 8 heteroatoms. The zero-order chi connectivity index (χ0) is 19.5. The van der Waals surface area contributed by atoms with Gasteiger partial charge in [0.2, 0.25) is 12.6 Å². The van der Waals surface area contributed by atoms with Gasteiger partial charge in [0.25, 0.3) is 5.89 Å². The van der Waals surface area contributed by atoms with Gasteiger partial charge in [-0.05, 0) is 55.8 Å². The highest BCUT2D eigenvalue weighted by molar-refractivity contribution is 5.89. The minimum atomic E-state index is -0.230. The van der Waals surface area contributed by atoms with E-state index in [4.69, 9.17) is 14.0 Å². The van der Waals surface area contributed by atoms with Crippen LogP contribution >= 0.6 is 0 Å². The van der Waals surface area contributed by atoms with Crippen molar-refractivity contribution in [3.63, 3.8) is 0 Å². The van der Waals surface area contributed by atoms with Crippen LogP contribution in [-0.4, -0.2) is 29.0 Å². The van der Waals surface area contributed by atoms with Crippen LogP contribution in [0.15, 0.2) is 47.0 Å². The zero-order valence-electron chi connectivity index (χ0n) is 15.6. The number of ether oxygens (including phenoxy) is 2. The van der Waals surface area contributed by atoms with Crippen molar-refractivity contribution in [2.45, 2.75) is 26.3 Å². The number of aromatic nitrogens is 2. The molecule has 0 bridgehead atoms. The summed E-state index contributed by atoms with van der Waals surface area (Å²) in [6, 6.07) is 12.6. The maximum atomic E-state index is 11.9. The van der Waals surface area contributed by atoms with Gasteiger partial charge in [0.05, 0.1) is 0 Å². The van der Waals surface area contributed by atoms with E-state index < -0.39 is 0 Å². The maximum Gasteiger partial charge on any atom is 0.319 e. The first-order chi connectivity index (χ1) is 13.6. The number of amides is 2. The SMILES string of the molecule is CC[C@H](C)NC(=O)Nc1ccc(-c2noc(-c3ccc4c(c3)OCO4)n2)cc1. The summed E-state index contributed by atoms with van der Waals surface area (Å²) in [5.41, 5.74) is 2.22. The van der Waals surface area contributed by atoms with Crippen molar-refractivity contribution >= 4 is 11.7 Å². The summed E-state index contributed by atoms with van der Waals surface area (Å²) in [6.07, 6.45) is 0.871. The summed E-state index contributed by atoms with van der Waals surface area (Å²) in [6.45, 7) is 4.18. The molecule has 0 saturated carbocycles. The van der Waals surface area contributed by atoms with Crippen molar-refractivity contribution in [2.75, 3.05) is 12.1 Å². The van der Waals surface area contributed by atoms with E-state index in [1.807, 2.05) is 44.2 Å². The second-order valence-electron chi connectivity index (χ2n) is 6.48. The summed E-state index contributed by atoms with van der Waals surface area (Å²) < 4.78 is 16.1. The highest BCUT2D eigenvalue weighted by atomic mass is 16.7. The smallest absolute Gasteiger partial charge is 0.319 e. The predicted molar refractivity (Wildman–Crippen MR) is 103 cm³/mol. The van der Waals surface area contributed by atoms with Gasteiger partial charge in [0, 0.05) is 22.9 Å². The van der Waals surface area contributed by atoms with Crippen LogP contribution in [0, 0.1) is 0 Å². The van der Waals surface area contributed by atoms with Crippen LogP contribution in [0.25, 0.3) is 22.8 Å². The molecule has 4 rings (SSSR count). The fraction of sp³-hybridized carbons (Fsp3) is 0.250. The molecule has 2 amide bonds. The van der Waals surface area contributed by atoms with E-state index in [0.29, 0.717) is 28.9 Å². The molecule has 0 aliphatic carbocycles. The lowest BCUT2D eigenvalue weighted by Crippen LogP contribution is -2.35. The number of carbonyl (C=O) groups excluding carboxylic acids is 1. The van der Waals surface area contributed by atoms with Gasteiger partial charge in [-0.2, -0.15) is 4.98 Å². The number of fused-ring (bicyclic) bond motifs is 1. The first-order valence-electron chi connectivity index (χ1n) is 9.04. The number of benzene rings is 2. The molecule has 144 valence electrons. The second kappa shape index (κ2) is 7.59. The molecule has 0 unspecified atom stereocenters. The molecule has 1 aliphatic heterocycles. The normalized spacial score (nSPS) is 13.2. The Labute approximate surface area is 161 Å². The maximum absolute atomic E-state index is 11.9. The molecule has 0 radical (unpaired) electrons. The Morgan fingerprint density at radius 3 is 2.64 bits per heavy atom. The van der Waals surface area contributed by atoms with Crippen LogP contribution in [0.1, 0.15) is 20.3 Å². The molecular formula is C20H20N4O4. The molecule has 3 aromatic rings. The van der Waals surface area contributed by atoms with Crippen LogP contribution < -0.4 is 20.1 Å². The minimum absolute atomic E-state index is 0.119. The van der Waals surface area contributed by atoms with Crippen molar-refractivity contribution in [1.29, 1.82) is 0 Å². The van der Waals surface area contributed by atoms with Gasteiger partial charge < -0.3 is 24.6 Å². The third-order valence-electron chi connectivity index (χ3n) is 4.44. The lowest BCUT2D eigenvalue weighted by molar-refractivity contribution is 0.174. The Morgan fingerprint density at radius 1 is 1.11 bits per heavy atom. The van der Waals surface area contributed by atoms with Crippen LogP contribution in [0.4, 0.5) is 10.5 Å². The molecule has 0 spiro atoms. The van der Waals surface area contributed by atoms with Gasteiger partial charge in [0.15, 0.2) is 11.5 Å². The van der Waals surface area contributed by atoms with E-state index in [9.17, 15) is 4.79 Å². The molecule has 0 fully saturated rings. The van der Waals surface area contributed by atoms with Gasteiger partial charge in [-0.15, -0.1) is 0 Å². The lowest BCUT2D eigenvalue weighted by atomic mass is 10.2. The number of nitrogens with one attached hydrogen (secondary N) is 2. The van der Waals surface area contributed by atoms with E-state index in [0.717, 1.165) is 17.5 Å². The topological polar surface area (TPSA) is 98.5 Å². The van der Waals surface area contributed by atoms with Crippen molar-refractivity contribution in [1.82, 2.24) is 15.5 Å². The standard InChI is InChI=1S/C20H20N4O4/c1-3-12(2)21-20(25)22-15-7-4-13(5-8-15)18-23-19(28-24-18)14-6-9-16-17(10-14)27-11-26-16/h4-10,12H,3,11H2,1-2H3,(H2,21,22,25)/t12-/m0/s1. The number of hydrogen-bond donors (Lipinski definition) is 2. The Bertz CT molecular complexity index is 984. The van der Waals surface area contributed by atoms with E-state index in [-0.39, 0.29) is 18.9 Å². The van der Waals surface area contributed by atoms with Gasteiger partial charge >= 0.3 is 6.03 Å². The molecule has 8 nitrogen and oxygen atoms in total. The third-order valence-corrected chi connectivity index (χ3v) is 4.44. The van der Waals surface area contributed by atoms with Crippen LogP contribution in [-0.2, 0) is 0 Å². The van der Waals surface area contributed by atoms with Crippen molar-refractivity contribution in [3.8, 4) is 34.3 Å². The van der Waals surface area contributed by atoms with Crippen LogP contribution in [0.3, 0.4) is 0 Å². The second-order valence-corrected chi connectivity index (χ2v) is 6.48. The summed E-state index contributed by atoms with van der Waals surface area (Å²) >= 11 is 0. The van der Waals surface area contributed by atoms with Crippen molar-refractivity contribution in [3.05, 3.63) is 42.5 Å².